The second kappa shape index (κ2) is 9.85. The van der Waals surface area contributed by atoms with E-state index in [9.17, 15) is 31.1 Å². The lowest BCUT2D eigenvalue weighted by Gasteiger charge is -2.24. The van der Waals surface area contributed by atoms with E-state index in [-0.39, 0.29) is 54.5 Å². The smallest absolute Gasteiger partial charge is 0.363 e. The van der Waals surface area contributed by atoms with Gasteiger partial charge in [0.25, 0.3) is 6.43 Å². The first-order valence-corrected chi connectivity index (χ1v) is 11.2. The Hall–Kier alpha value is -2.93. The number of aryl methyl sites for hydroxylation is 1. The molecule has 2 heterocycles. The van der Waals surface area contributed by atoms with Gasteiger partial charge in [-0.1, -0.05) is 18.2 Å². The van der Waals surface area contributed by atoms with Gasteiger partial charge in [0.2, 0.25) is 5.91 Å². The molecule has 7 nitrogen and oxygen atoms in total. The number of carbonyl (C=O) groups excluding carboxylic acids is 1. The Balaban J connectivity index is 1.65. The molecule has 0 unspecified atom stereocenters. The molecule has 1 saturated carbocycles. The van der Waals surface area contributed by atoms with Crippen molar-refractivity contribution in [2.45, 2.75) is 63.6 Å². The Morgan fingerprint density at radius 1 is 1.17 bits per heavy atom. The lowest BCUT2D eigenvalue weighted by atomic mass is 10.0. The molecule has 1 aliphatic carbocycles. The van der Waals surface area contributed by atoms with Gasteiger partial charge in [0, 0.05) is 5.56 Å². The third kappa shape index (κ3) is 5.26. The Morgan fingerprint density at radius 2 is 1.81 bits per heavy atom. The molecule has 2 aromatic rings. The number of nitrogens with zero attached hydrogens (tertiary/aromatic N) is 2. The number of carbonyl (C=O) groups is 1. The number of rotatable bonds is 8. The molecule has 1 saturated heterocycles. The SMILES string of the molecule is Cc1nc(CC(=O)NC2(C(F)(F)F)CC2)c(C2OCCO2)c(N[C@H](C)c2cccc(C(F)F)c2F)n1. The van der Waals surface area contributed by atoms with Gasteiger partial charge in [-0.05, 0) is 26.7 Å². The number of anilines is 1. The summed E-state index contributed by atoms with van der Waals surface area (Å²) in [7, 11) is 0. The molecule has 1 aromatic heterocycles. The Labute approximate surface area is 202 Å². The zero-order valence-electron chi connectivity index (χ0n) is 19.4. The van der Waals surface area contributed by atoms with Crippen molar-refractivity contribution in [3.8, 4) is 0 Å². The minimum Gasteiger partial charge on any atom is -0.363 e. The van der Waals surface area contributed by atoms with Crippen LogP contribution in [0.4, 0.5) is 32.2 Å². The molecule has 1 aliphatic heterocycles. The van der Waals surface area contributed by atoms with Crippen molar-refractivity contribution in [3.63, 3.8) is 0 Å². The van der Waals surface area contributed by atoms with Gasteiger partial charge < -0.3 is 20.1 Å². The highest BCUT2D eigenvalue weighted by Gasteiger charge is 2.64. The van der Waals surface area contributed by atoms with Gasteiger partial charge in [0.15, 0.2) is 6.29 Å². The minimum absolute atomic E-state index is 0.0524. The number of amides is 1. The first-order chi connectivity index (χ1) is 16.9. The summed E-state index contributed by atoms with van der Waals surface area (Å²) in [5.41, 5.74) is -2.80. The molecule has 13 heteroatoms. The number of hydrogen-bond acceptors (Lipinski definition) is 6. The van der Waals surface area contributed by atoms with Gasteiger partial charge in [-0.3, -0.25) is 4.79 Å². The van der Waals surface area contributed by atoms with Crippen LogP contribution in [0, 0.1) is 12.7 Å². The van der Waals surface area contributed by atoms with Crippen LogP contribution in [0.25, 0.3) is 0 Å². The summed E-state index contributed by atoms with van der Waals surface area (Å²) in [6.07, 6.45) is -9.55. The summed E-state index contributed by atoms with van der Waals surface area (Å²) >= 11 is 0. The molecule has 0 spiro atoms. The maximum atomic E-state index is 14.7. The van der Waals surface area contributed by atoms with Gasteiger partial charge in [0.05, 0.1) is 42.5 Å². The Bertz CT molecular complexity index is 1130. The number of nitrogens with one attached hydrogen (secondary N) is 2. The van der Waals surface area contributed by atoms with Crippen LogP contribution < -0.4 is 10.6 Å². The summed E-state index contributed by atoms with van der Waals surface area (Å²) < 4.78 is 92.0. The first kappa shape index (κ1) is 26.1. The van der Waals surface area contributed by atoms with Gasteiger partial charge >= 0.3 is 6.18 Å². The molecule has 1 aromatic carbocycles. The molecule has 2 aliphatic rings. The third-order valence-electron chi connectivity index (χ3n) is 6.11. The van der Waals surface area contributed by atoms with Crippen molar-refractivity contribution < 1.29 is 40.6 Å². The topological polar surface area (TPSA) is 85.4 Å². The van der Waals surface area contributed by atoms with E-state index < -0.39 is 54.2 Å². The molecule has 0 radical (unpaired) electrons. The lowest BCUT2D eigenvalue weighted by molar-refractivity contribution is -0.170. The monoisotopic (exact) mass is 518 g/mol. The number of halogens is 6. The van der Waals surface area contributed by atoms with Crippen molar-refractivity contribution in [1.82, 2.24) is 15.3 Å². The zero-order chi connectivity index (χ0) is 26.3. The van der Waals surface area contributed by atoms with E-state index in [1.165, 1.54) is 26.0 Å². The lowest BCUT2D eigenvalue weighted by Crippen LogP contribution is -2.48. The third-order valence-corrected chi connectivity index (χ3v) is 6.11. The molecular weight excluding hydrogens is 494 g/mol. The van der Waals surface area contributed by atoms with E-state index in [4.69, 9.17) is 9.47 Å². The van der Waals surface area contributed by atoms with E-state index in [1.807, 2.05) is 0 Å². The normalized spacial score (nSPS) is 18.4. The molecule has 36 heavy (non-hydrogen) atoms. The fourth-order valence-electron chi connectivity index (χ4n) is 4.08. The summed E-state index contributed by atoms with van der Waals surface area (Å²) in [5.74, 6) is -1.71. The number of alkyl halides is 5. The van der Waals surface area contributed by atoms with Gasteiger partial charge in [-0.25, -0.2) is 23.1 Å². The number of hydrogen-bond donors (Lipinski definition) is 2. The molecule has 2 fully saturated rings. The van der Waals surface area contributed by atoms with Crippen LogP contribution in [-0.2, 0) is 20.7 Å². The van der Waals surface area contributed by atoms with Crippen LogP contribution in [0.2, 0.25) is 0 Å². The predicted octanol–water partition coefficient (Wildman–Crippen LogP) is 4.83. The summed E-state index contributed by atoms with van der Waals surface area (Å²) in [6.45, 7) is 3.45. The fraction of sp³-hybridized carbons (Fsp3) is 0.522. The number of benzene rings is 1. The minimum atomic E-state index is -4.58. The van der Waals surface area contributed by atoms with Crippen LogP contribution in [0.3, 0.4) is 0 Å². The fourth-order valence-corrected chi connectivity index (χ4v) is 4.08. The second-order valence-electron chi connectivity index (χ2n) is 8.78. The molecule has 2 N–H and O–H groups in total. The highest BCUT2D eigenvalue weighted by Crippen LogP contribution is 2.49. The average Bonchev–Trinajstić information content (AvgIpc) is 3.37. The van der Waals surface area contributed by atoms with Crippen LogP contribution >= 0.6 is 0 Å². The standard InChI is InChI=1S/C23H24F6N4O3/c1-11(13-4-3-5-14(18(13)24)19(25)26)30-20-17(21-35-8-9-36-21)15(31-12(2)32-20)10-16(34)33-22(6-7-22)23(27,28)29/h3-5,11,19,21H,6-10H2,1-2H3,(H,33,34)(H,30,31,32)/t11-/m1/s1. The van der Waals surface area contributed by atoms with Gasteiger partial charge in [-0.2, -0.15) is 13.2 Å². The first-order valence-electron chi connectivity index (χ1n) is 11.2. The molecule has 4 rings (SSSR count). The Morgan fingerprint density at radius 3 is 2.39 bits per heavy atom. The van der Waals surface area contributed by atoms with E-state index in [0.717, 1.165) is 6.07 Å². The predicted molar refractivity (Wildman–Crippen MR) is 115 cm³/mol. The maximum absolute atomic E-state index is 14.7. The van der Waals surface area contributed by atoms with E-state index >= 15 is 0 Å². The van der Waals surface area contributed by atoms with Crippen molar-refractivity contribution in [2.75, 3.05) is 18.5 Å². The summed E-state index contributed by atoms with van der Waals surface area (Å²) in [5, 5.41) is 5.00. The summed E-state index contributed by atoms with van der Waals surface area (Å²) in [6, 6.07) is 2.77. The van der Waals surface area contributed by atoms with Crippen molar-refractivity contribution in [1.29, 1.82) is 0 Å². The molecule has 1 atom stereocenters. The van der Waals surface area contributed by atoms with E-state index in [2.05, 4.69) is 20.6 Å². The molecule has 196 valence electrons. The van der Waals surface area contributed by atoms with Crippen molar-refractivity contribution >= 4 is 11.7 Å². The van der Waals surface area contributed by atoms with E-state index in [0.29, 0.717) is 0 Å². The van der Waals surface area contributed by atoms with Crippen LogP contribution in [0.15, 0.2) is 18.2 Å². The highest BCUT2D eigenvalue weighted by atomic mass is 19.4. The number of aromatic nitrogens is 2. The van der Waals surface area contributed by atoms with Crippen molar-refractivity contribution in [3.05, 3.63) is 52.2 Å². The van der Waals surface area contributed by atoms with Crippen LogP contribution in [0.1, 0.15) is 66.7 Å². The Kier molecular flexibility index (Phi) is 7.15. The van der Waals surface area contributed by atoms with Crippen molar-refractivity contribution in [2.24, 2.45) is 0 Å². The maximum Gasteiger partial charge on any atom is 0.411 e. The molecule has 0 bridgehead atoms. The zero-order valence-corrected chi connectivity index (χ0v) is 19.4. The van der Waals surface area contributed by atoms with Crippen LogP contribution in [-0.4, -0.2) is 40.8 Å². The average molecular weight is 518 g/mol. The van der Waals surface area contributed by atoms with E-state index in [1.54, 1.807) is 0 Å². The number of ether oxygens (including phenoxy) is 2. The molecular formula is C23H24F6N4O3. The largest absolute Gasteiger partial charge is 0.411 e. The summed E-state index contributed by atoms with van der Waals surface area (Å²) in [4.78, 5) is 21.1. The quantitative estimate of drug-likeness (QED) is 0.487. The van der Waals surface area contributed by atoms with Gasteiger partial charge in [0.1, 0.15) is 23.0 Å². The second-order valence-corrected chi connectivity index (χ2v) is 8.78. The van der Waals surface area contributed by atoms with Gasteiger partial charge in [-0.15, -0.1) is 0 Å². The van der Waals surface area contributed by atoms with Crippen LogP contribution in [0.5, 0.6) is 0 Å². The molecule has 1 amide bonds. The highest BCUT2D eigenvalue weighted by molar-refractivity contribution is 5.80.